The Morgan fingerprint density at radius 2 is 1.97 bits per heavy atom. The second kappa shape index (κ2) is 8.93. The first-order valence-electron chi connectivity index (χ1n) is 9.86. The van der Waals surface area contributed by atoms with Crippen LogP contribution in [0.1, 0.15) is 24.2 Å². The van der Waals surface area contributed by atoms with Crippen molar-refractivity contribution in [3.63, 3.8) is 0 Å². The standard InChI is InChI=1S/C22H22ClFN4O2/c1-14-18(23)3-2-4-19(14)25-21(29)15-9-11-28(12-10-15)13-20-26-22(30-27-20)16-5-7-17(24)8-6-16/h2-8,15H,9-13H2,1H3,(H,25,29). The summed E-state index contributed by atoms with van der Waals surface area (Å²) < 4.78 is 18.4. The van der Waals surface area contributed by atoms with Gasteiger partial charge < -0.3 is 9.84 Å². The Labute approximate surface area is 179 Å². The molecule has 0 unspecified atom stereocenters. The minimum absolute atomic E-state index is 0.0261. The number of nitrogens with one attached hydrogen (secondary N) is 1. The highest BCUT2D eigenvalue weighted by Gasteiger charge is 2.26. The van der Waals surface area contributed by atoms with Gasteiger partial charge in [0.1, 0.15) is 5.82 Å². The van der Waals surface area contributed by atoms with Gasteiger partial charge in [-0.2, -0.15) is 4.98 Å². The average Bonchev–Trinajstić information content (AvgIpc) is 3.21. The quantitative estimate of drug-likeness (QED) is 0.638. The van der Waals surface area contributed by atoms with Crippen LogP contribution >= 0.6 is 11.6 Å². The van der Waals surface area contributed by atoms with E-state index in [1.165, 1.54) is 12.1 Å². The predicted molar refractivity (Wildman–Crippen MR) is 113 cm³/mol. The van der Waals surface area contributed by atoms with E-state index in [0.29, 0.717) is 28.8 Å². The summed E-state index contributed by atoms with van der Waals surface area (Å²) in [6.07, 6.45) is 1.52. The maximum absolute atomic E-state index is 13.1. The molecule has 0 bridgehead atoms. The van der Waals surface area contributed by atoms with E-state index in [1.807, 2.05) is 25.1 Å². The number of hydrogen-bond donors (Lipinski definition) is 1. The van der Waals surface area contributed by atoms with Crippen molar-refractivity contribution >= 4 is 23.2 Å². The van der Waals surface area contributed by atoms with Crippen LogP contribution in [0.3, 0.4) is 0 Å². The van der Waals surface area contributed by atoms with Gasteiger partial charge in [-0.1, -0.05) is 22.8 Å². The molecule has 1 amide bonds. The molecule has 0 spiro atoms. The number of nitrogens with zero attached hydrogens (tertiary/aromatic N) is 3. The number of rotatable bonds is 5. The van der Waals surface area contributed by atoms with E-state index in [4.69, 9.17) is 16.1 Å². The average molecular weight is 429 g/mol. The van der Waals surface area contributed by atoms with Crippen molar-refractivity contribution in [3.8, 4) is 11.5 Å². The van der Waals surface area contributed by atoms with E-state index in [9.17, 15) is 9.18 Å². The first kappa shape index (κ1) is 20.5. The van der Waals surface area contributed by atoms with Crippen molar-refractivity contribution in [1.82, 2.24) is 15.0 Å². The summed E-state index contributed by atoms with van der Waals surface area (Å²) >= 11 is 6.13. The van der Waals surface area contributed by atoms with Crippen molar-refractivity contribution in [1.29, 1.82) is 0 Å². The molecule has 1 saturated heterocycles. The van der Waals surface area contributed by atoms with Crippen LogP contribution in [0.25, 0.3) is 11.5 Å². The van der Waals surface area contributed by atoms with Gasteiger partial charge >= 0.3 is 0 Å². The van der Waals surface area contributed by atoms with E-state index < -0.39 is 0 Å². The highest BCUT2D eigenvalue weighted by Crippen LogP contribution is 2.26. The number of halogens is 2. The normalized spacial score (nSPS) is 15.3. The molecule has 4 rings (SSSR count). The first-order valence-corrected chi connectivity index (χ1v) is 10.2. The van der Waals surface area contributed by atoms with Crippen LogP contribution < -0.4 is 5.32 Å². The Morgan fingerprint density at radius 3 is 2.70 bits per heavy atom. The van der Waals surface area contributed by atoms with Gasteiger partial charge in [0.15, 0.2) is 5.82 Å². The fourth-order valence-corrected chi connectivity index (χ4v) is 3.73. The fraction of sp³-hybridized carbons (Fsp3) is 0.318. The molecule has 8 heteroatoms. The van der Waals surface area contributed by atoms with Gasteiger partial charge in [-0.05, 0) is 74.8 Å². The van der Waals surface area contributed by atoms with Crippen LogP contribution in [0, 0.1) is 18.7 Å². The number of carbonyl (C=O) groups excluding carboxylic acids is 1. The highest BCUT2D eigenvalue weighted by molar-refractivity contribution is 6.31. The lowest BCUT2D eigenvalue weighted by molar-refractivity contribution is -0.121. The third kappa shape index (κ3) is 4.68. The van der Waals surface area contributed by atoms with Crippen LogP contribution in [0.4, 0.5) is 10.1 Å². The van der Waals surface area contributed by atoms with E-state index in [-0.39, 0.29) is 17.6 Å². The van der Waals surface area contributed by atoms with E-state index in [2.05, 4.69) is 20.4 Å². The Morgan fingerprint density at radius 1 is 1.23 bits per heavy atom. The first-order chi connectivity index (χ1) is 14.5. The van der Waals surface area contributed by atoms with Crippen molar-refractivity contribution in [2.75, 3.05) is 18.4 Å². The van der Waals surface area contributed by atoms with Crippen molar-refractivity contribution in [2.45, 2.75) is 26.3 Å². The molecule has 3 aromatic rings. The second-order valence-corrected chi connectivity index (χ2v) is 7.88. The van der Waals surface area contributed by atoms with Gasteiger partial charge in [0, 0.05) is 22.2 Å². The largest absolute Gasteiger partial charge is 0.334 e. The topological polar surface area (TPSA) is 71.3 Å². The zero-order valence-electron chi connectivity index (χ0n) is 16.6. The number of carbonyl (C=O) groups is 1. The lowest BCUT2D eigenvalue weighted by Gasteiger charge is -2.30. The third-order valence-electron chi connectivity index (χ3n) is 5.41. The van der Waals surface area contributed by atoms with E-state index >= 15 is 0 Å². The van der Waals surface area contributed by atoms with Gasteiger partial charge in [-0.15, -0.1) is 0 Å². The monoisotopic (exact) mass is 428 g/mol. The van der Waals surface area contributed by atoms with Crippen LogP contribution in [-0.4, -0.2) is 34.0 Å². The number of anilines is 1. The van der Waals surface area contributed by atoms with Gasteiger partial charge in [0.25, 0.3) is 5.89 Å². The molecule has 0 aliphatic carbocycles. The van der Waals surface area contributed by atoms with Crippen molar-refractivity contribution in [2.24, 2.45) is 5.92 Å². The molecule has 1 fully saturated rings. The van der Waals surface area contributed by atoms with Crippen LogP contribution in [-0.2, 0) is 11.3 Å². The molecule has 0 atom stereocenters. The Bertz CT molecular complexity index is 1030. The lowest BCUT2D eigenvalue weighted by atomic mass is 9.95. The van der Waals surface area contributed by atoms with E-state index in [0.717, 1.165) is 37.2 Å². The summed E-state index contributed by atoms with van der Waals surface area (Å²) in [5, 5.41) is 7.67. The fourth-order valence-electron chi connectivity index (χ4n) is 3.56. The highest BCUT2D eigenvalue weighted by atomic mass is 35.5. The zero-order valence-corrected chi connectivity index (χ0v) is 17.3. The maximum Gasteiger partial charge on any atom is 0.257 e. The molecule has 1 aliphatic rings. The molecular weight excluding hydrogens is 407 g/mol. The smallest absolute Gasteiger partial charge is 0.257 e. The molecule has 1 aliphatic heterocycles. The van der Waals surface area contributed by atoms with E-state index in [1.54, 1.807) is 12.1 Å². The summed E-state index contributed by atoms with van der Waals surface area (Å²) in [4.78, 5) is 19.2. The molecule has 0 radical (unpaired) electrons. The summed E-state index contributed by atoms with van der Waals surface area (Å²) in [6, 6.07) is 11.4. The summed E-state index contributed by atoms with van der Waals surface area (Å²) in [5.74, 6) is 0.622. The van der Waals surface area contributed by atoms with Crippen LogP contribution in [0.15, 0.2) is 47.0 Å². The maximum atomic E-state index is 13.1. The molecule has 6 nitrogen and oxygen atoms in total. The van der Waals surface area contributed by atoms with Gasteiger partial charge in [0.2, 0.25) is 5.91 Å². The number of likely N-dealkylation sites (tertiary alicyclic amines) is 1. The number of aromatic nitrogens is 2. The number of piperidine rings is 1. The Balaban J connectivity index is 1.30. The molecule has 2 aromatic carbocycles. The SMILES string of the molecule is Cc1c(Cl)cccc1NC(=O)C1CCN(Cc2noc(-c3ccc(F)cc3)n2)CC1. The number of amides is 1. The molecule has 156 valence electrons. The minimum Gasteiger partial charge on any atom is -0.334 e. The molecule has 0 saturated carbocycles. The Hall–Kier alpha value is -2.77. The zero-order chi connectivity index (χ0) is 21.1. The number of benzene rings is 2. The van der Waals surface area contributed by atoms with Gasteiger partial charge in [-0.25, -0.2) is 4.39 Å². The van der Waals surface area contributed by atoms with Gasteiger partial charge in [0.05, 0.1) is 6.54 Å². The molecular formula is C22H22ClFN4O2. The summed E-state index contributed by atoms with van der Waals surface area (Å²) in [6.45, 7) is 3.98. The molecule has 2 heterocycles. The van der Waals surface area contributed by atoms with Crippen molar-refractivity contribution < 1.29 is 13.7 Å². The predicted octanol–water partition coefficient (Wildman–Crippen LogP) is 4.69. The minimum atomic E-state index is -0.309. The molecule has 1 aromatic heterocycles. The summed E-state index contributed by atoms with van der Waals surface area (Å²) in [7, 11) is 0. The molecule has 1 N–H and O–H groups in total. The third-order valence-corrected chi connectivity index (χ3v) is 5.82. The van der Waals surface area contributed by atoms with Crippen LogP contribution in [0.2, 0.25) is 5.02 Å². The van der Waals surface area contributed by atoms with Crippen LogP contribution in [0.5, 0.6) is 0 Å². The number of hydrogen-bond acceptors (Lipinski definition) is 5. The Kier molecular flexibility index (Phi) is 6.11. The molecule has 30 heavy (non-hydrogen) atoms. The van der Waals surface area contributed by atoms with Crippen molar-refractivity contribution in [3.05, 3.63) is 64.7 Å². The second-order valence-electron chi connectivity index (χ2n) is 7.47. The van der Waals surface area contributed by atoms with Gasteiger partial charge in [-0.3, -0.25) is 9.69 Å². The lowest BCUT2D eigenvalue weighted by Crippen LogP contribution is -2.38. The summed E-state index contributed by atoms with van der Waals surface area (Å²) in [5.41, 5.74) is 2.32.